The lowest BCUT2D eigenvalue weighted by Crippen LogP contribution is -2.35. The normalized spacial score (nSPS) is 17.2. The second-order valence-corrected chi connectivity index (χ2v) is 8.99. The van der Waals surface area contributed by atoms with Crippen LogP contribution in [0.1, 0.15) is 34.6 Å². The fourth-order valence-corrected chi connectivity index (χ4v) is 4.63. The first-order valence-corrected chi connectivity index (χ1v) is 11.4. The molecular formula is C22H17BrClF5N4O3. The number of hydrogen-bond donors (Lipinski definition) is 2. The molecule has 2 heterocycles. The van der Waals surface area contributed by atoms with Crippen molar-refractivity contribution in [2.45, 2.75) is 24.7 Å². The molecule has 0 aliphatic carbocycles. The van der Waals surface area contributed by atoms with E-state index >= 15 is 0 Å². The summed E-state index contributed by atoms with van der Waals surface area (Å²) in [4.78, 5) is 12.8. The van der Waals surface area contributed by atoms with E-state index < -0.39 is 58.6 Å². The number of nitrogens with one attached hydrogen (secondary N) is 2. The first-order chi connectivity index (χ1) is 16.9. The highest BCUT2D eigenvalue weighted by Crippen LogP contribution is 2.47. The highest BCUT2D eigenvalue weighted by Gasteiger charge is 2.48. The SMILES string of the molecule is COc1ccc([C@@H]2C[C@@H](C(F)(F)F)n3nc(C(=O)Nc4c(F)cc(F)cc4Br)c(Cl)c3N2)cc1OC. The highest BCUT2D eigenvalue weighted by molar-refractivity contribution is 9.10. The van der Waals surface area contributed by atoms with E-state index in [0.29, 0.717) is 27.8 Å². The van der Waals surface area contributed by atoms with Crippen molar-refractivity contribution in [2.75, 3.05) is 24.9 Å². The van der Waals surface area contributed by atoms with Gasteiger partial charge in [-0.3, -0.25) is 4.79 Å². The fourth-order valence-electron chi connectivity index (χ4n) is 3.86. The number of benzene rings is 2. The van der Waals surface area contributed by atoms with Crippen LogP contribution in [0.4, 0.5) is 33.5 Å². The van der Waals surface area contributed by atoms with Crippen LogP contribution in [0, 0.1) is 11.6 Å². The zero-order valence-electron chi connectivity index (χ0n) is 18.5. The van der Waals surface area contributed by atoms with Crippen LogP contribution in [0.5, 0.6) is 11.5 Å². The van der Waals surface area contributed by atoms with E-state index in [1.54, 1.807) is 12.1 Å². The number of rotatable bonds is 5. The standard InChI is InChI=1S/C22H17BrClF5N4O3/c1-35-14-4-3-9(5-15(14)36-2)13-8-16(22(27,28)29)33-20(30-13)17(24)19(32-33)21(34)31-18-11(23)6-10(25)7-12(18)26/h3-7,13,16,30H,8H2,1-2H3,(H,31,34)/t13-,16-/m0/s1. The van der Waals surface area contributed by atoms with E-state index in [2.05, 4.69) is 31.7 Å². The molecule has 0 saturated heterocycles. The van der Waals surface area contributed by atoms with Gasteiger partial charge in [-0.15, -0.1) is 0 Å². The second-order valence-electron chi connectivity index (χ2n) is 7.76. The Labute approximate surface area is 214 Å². The van der Waals surface area contributed by atoms with E-state index in [4.69, 9.17) is 21.1 Å². The van der Waals surface area contributed by atoms with Crippen molar-refractivity contribution in [3.05, 3.63) is 62.7 Å². The fraction of sp³-hybridized carbons (Fsp3) is 0.273. The lowest BCUT2D eigenvalue weighted by Gasteiger charge is -2.33. The maximum absolute atomic E-state index is 14.2. The minimum atomic E-state index is -4.74. The molecule has 2 atom stereocenters. The Hall–Kier alpha value is -3.06. The summed E-state index contributed by atoms with van der Waals surface area (Å²) in [7, 11) is 2.82. The number of aromatic nitrogens is 2. The maximum Gasteiger partial charge on any atom is 0.410 e. The summed E-state index contributed by atoms with van der Waals surface area (Å²) in [5.74, 6) is -2.61. The summed E-state index contributed by atoms with van der Waals surface area (Å²) in [6, 6.07) is 3.11. The predicted molar refractivity (Wildman–Crippen MR) is 125 cm³/mol. The summed E-state index contributed by atoms with van der Waals surface area (Å²) in [6.07, 6.45) is -5.20. The molecule has 1 amide bonds. The Balaban J connectivity index is 1.72. The quantitative estimate of drug-likeness (QED) is 0.329. The van der Waals surface area contributed by atoms with Gasteiger partial charge in [0.2, 0.25) is 0 Å². The van der Waals surface area contributed by atoms with Gasteiger partial charge in [0.25, 0.3) is 5.91 Å². The van der Waals surface area contributed by atoms with Gasteiger partial charge in [-0.05, 0) is 39.7 Å². The van der Waals surface area contributed by atoms with Crippen molar-refractivity contribution < 1.29 is 36.2 Å². The van der Waals surface area contributed by atoms with E-state index in [-0.39, 0.29) is 10.3 Å². The third kappa shape index (κ3) is 4.81. The molecule has 0 saturated carbocycles. The van der Waals surface area contributed by atoms with Gasteiger partial charge in [0.15, 0.2) is 29.1 Å². The molecule has 4 rings (SSSR count). The van der Waals surface area contributed by atoms with Crippen LogP contribution >= 0.6 is 27.5 Å². The second kappa shape index (κ2) is 9.77. The Morgan fingerprint density at radius 1 is 1.19 bits per heavy atom. The lowest BCUT2D eigenvalue weighted by atomic mass is 9.96. The summed E-state index contributed by atoms with van der Waals surface area (Å²) in [5, 5.41) is 8.47. The van der Waals surface area contributed by atoms with Crippen LogP contribution in [0.15, 0.2) is 34.8 Å². The molecular weight excluding hydrogens is 579 g/mol. The van der Waals surface area contributed by atoms with Crippen molar-refractivity contribution in [1.29, 1.82) is 0 Å². The average molecular weight is 596 g/mol. The summed E-state index contributed by atoms with van der Waals surface area (Å²) < 4.78 is 80.5. The predicted octanol–water partition coefficient (Wildman–Crippen LogP) is 6.51. The lowest BCUT2D eigenvalue weighted by molar-refractivity contribution is -0.173. The number of ether oxygens (including phenoxy) is 2. The zero-order chi connectivity index (χ0) is 26.4. The van der Waals surface area contributed by atoms with Gasteiger partial charge < -0.3 is 20.1 Å². The van der Waals surface area contributed by atoms with Crippen LogP contribution < -0.4 is 20.1 Å². The van der Waals surface area contributed by atoms with Gasteiger partial charge in [-0.2, -0.15) is 18.3 Å². The average Bonchev–Trinajstić information content (AvgIpc) is 3.15. The molecule has 0 bridgehead atoms. The number of anilines is 2. The molecule has 3 aromatic rings. The number of carbonyl (C=O) groups is 1. The molecule has 1 aromatic heterocycles. The summed E-state index contributed by atoms with van der Waals surface area (Å²) in [5.41, 5.74) is -0.544. The molecule has 2 aromatic carbocycles. The number of carbonyl (C=O) groups excluding carboxylic acids is 1. The van der Waals surface area contributed by atoms with Crippen molar-refractivity contribution in [3.8, 4) is 11.5 Å². The van der Waals surface area contributed by atoms with Gasteiger partial charge in [0.05, 0.1) is 25.9 Å². The van der Waals surface area contributed by atoms with Gasteiger partial charge in [-0.1, -0.05) is 17.7 Å². The van der Waals surface area contributed by atoms with E-state index in [1.165, 1.54) is 20.3 Å². The third-order valence-corrected chi connectivity index (χ3v) is 6.55. The molecule has 1 aliphatic rings. The molecule has 192 valence electrons. The Bertz CT molecular complexity index is 1310. The van der Waals surface area contributed by atoms with E-state index in [0.717, 1.165) is 6.07 Å². The molecule has 1 aliphatic heterocycles. The van der Waals surface area contributed by atoms with Gasteiger partial charge in [0.1, 0.15) is 16.7 Å². The van der Waals surface area contributed by atoms with E-state index in [1.807, 2.05) is 0 Å². The topological polar surface area (TPSA) is 77.4 Å². The van der Waals surface area contributed by atoms with Crippen LogP contribution in [-0.2, 0) is 0 Å². The van der Waals surface area contributed by atoms with Crippen molar-refractivity contribution >= 4 is 44.9 Å². The minimum Gasteiger partial charge on any atom is -0.493 e. The van der Waals surface area contributed by atoms with Crippen molar-refractivity contribution in [2.24, 2.45) is 0 Å². The number of halogens is 7. The number of fused-ring (bicyclic) bond motifs is 1. The van der Waals surface area contributed by atoms with Crippen LogP contribution in [-0.4, -0.2) is 36.1 Å². The largest absolute Gasteiger partial charge is 0.493 e. The third-order valence-electron chi connectivity index (χ3n) is 5.57. The van der Waals surface area contributed by atoms with Gasteiger partial charge in [-0.25, -0.2) is 13.5 Å². The molecule has 36 heavy (non-hydrogen) atoms. The molecule has 0 radical (unpaired) electrons. The van der Waals surface area contributed by atoms with Crippen LogP contribution in [0.2, 0.25) is 5.02 Å². The van der Waals surface area contributed by atoms with Crippen molar-refractivity contribution in [3.63, 3.8) is 0 Å². The maximum atomic E-state index is 14.2. The number of hydrogen-bond acceptors (Lipinski definition) is 5. The molecule has 0 unspecified atom stereocenters. The van der Waals surface area contributed by atoms with Gasteiger partial charge >= 0.3 is 6.18 Å². The Morgan fingerprint density at radius 3 is 2.50 bits per heavy atom. The molecule has 7 nitrogen and oxygen atoms in total. The van der Waals surface area contributed by atoms with Crippen LogP contribution in [0.3, 0.4) is 0 Å². The van der Waals surface area contributed by atoms with Crippen LogP contribution in [0.25, 0.3) is 0 Å². The smallest absolute Gasteiger partial charge is 0.410 e. The van der Waals surface area contributed by atoms with Gasteiger partial charge in [0, 0.05) is 17.0 Å². The Kier molecular flexibility index (Phi) is 7.06. The molecule has 0 spiro atoms. The molecule has 14 heteroatoms. The molecule has 2 N–H and O–H groups in total. The number of methoxy groups -OCH3 is 2. The first kappa shape index (κ1) is 26.0. The zero-order valence-corrected chi connectivity index (χ0v) is 20.9. The molecule has 0 fully saturated rings. The van der Waals surface area contributed by atoms with Crippen molar-refractivity contribution in [1.82, 2.24) is 9.78 Å². The number of amides is 1. The monoisotopic (exact) mass is 594 g/mol. The minimum absolute atomic E-state index is 0.117. The summed E-state index contributed by atoms with van der Waals surface area (Å²) in [6.45, 7) is 0. The number of nitrogens with zero attached hydrogens (tertiary/aromatic N) is 2. The first-order valence-electron chi connectivity index (χ1n) is 10.2. The highest BCUT2D eigenvalue weighted by atomic mass is 79.9. The van der Waals surface area contributed by atoms with E-state index in [9.17, 15) is 26.7 Å². The Morgan fingerprint density at radius 2 is 1.89 bits per heavy atom. The summed E-state index contributed by atoms with van der Waals surface area (Å²) >= 11 is 9.23. The number of alkyl halides is 3.